The minimum absolute atomic E-state index is 0.319. The molecule has 4 N–H and O–H groups in total. The summed E-state index contributed by atoms with van der Waals surface area (Å²) in [4.78, 5) is 51.3. The van der Waals surface area contributed by atoms with Gasteiger partial charge < -0.3 is 35.1 Å². The Morgan fingerprint density at radius 1 is 0.932 bits per heavy atom. The summed E-state index contributed by atoms with van der Waals surface area (Å²) in [5.74, 6) is -1.52. The molecule has 44 heavy (non-hydrogen) atoms. The highest BCUT2D eigenvalue weighted by molar-refractivity contribution is 5.99. The van der Waals surface area contributed by atoms with Gasteiger partial charge in [-0.25, -0.2) is 9.59 Å². The van der Waals surface area contributed by atoms with Gasteiger partial charge in [-0.3, -0.25) is 9.59 Å². The maximum atomic E-state index is 13.5. The second-order valence-electron chi connectivity index (χ2n) is 12.0. The first-order valence-corrected chi connectivity index (χ1v) is 14.4. The van der Waals surface area contributed by atoms with Gasteiger partial charge >= 0.3 is 12.1 Å². The van der Waals surface area contributed by atoms with Crippen molar-refractivity contribution >= 4 is 29.6 Å². The van der Waals surface area contributed by atoms with Gasteiger partial charge in [-0.2, -0.15) is 0 Å². The van der Waals surface area contributed by atoms with Gasteiger partial charge in [0, 0.05) is 12.4 Å². The standard InChI is InChI=1S/C33H42N4O7/c1-32(2,3)44-31(42)36-33(4,5)30(41)35-26(14-10-13-22-11-8-7-9-12-22)28(38)34-24-19-20-37(21-24)27(29(39)40)23-15-17-25(43-6)18-16-23/h7-9,11-12,15-21,26-27H,10,13-14H2,1-6H3,(H,34,38)(H,35,41)(H,36,42)(H,39,40)/t26-,27?/m1/s1. The van der Waals surface area contributed by atoms with Crippen LogP contribution in [0.1, 0.15) is 64.6 Å². The van der Waals surface area contributed by atoms with E-state index in [9.17, 15) is 24.3 Å². The monoisotopic (exact) mass is 606 g/mol. The van der Waals surface area contributed by atoms with E-state index in [0.29, 0.717) is 36.3 Å². The van der Waals surface area contributed by atoms with Crippen LogP contribution in [0.25, 0.3) is 0 Å². The third kappa shape index (κ3) is 9.89. The van der Waals surface area contributed by atoms with Gasteiger partial charge in [0.15, 0.2) is 6.04 Å². The maximum absolute atomic E-state index is 13.5. The SMILES string of the molecule is COc1ccc(C(C(=O)O)n2ccc(NC(=O)[C@@H](CCCc3ccccc3)NC(=O)C(C)(C)NC(=O)OC(C)(C)C)c2)cc1. The summed E-state index contributed by atoms with van der Waals surface area (Å²) in [7, 11) is 1.53. The predicted octanol–water partition coefficient (Wildman–Crippen LogP) is 4.92. The molecule has 2 aromatic carbocycles. The number of rotatable bonds is 13. The molecule has 3 aromatic rings. The van der Waals surface area contributed by atoms with Gasteiger partial charge in [0.2, 0.25) is 11.8 Å². The zero-order valence-corrected chi connectivity index (χ0v) is 26.0. The molecule has 0 fully saturated rings. The summed E-state index contributed by atoms with van der Waals surface area (Å²) >= 11 is 0. The molecule has 0 aliphatic rings. The van der Waals surface area contributed by atoms with Crippen molar-refractivity contribution in [2.24, 2.45) is 0 Å². The smallest absolute Gasteiger partial charge is 0.408 e. The Kier molecular flexibility index (Phi) is 11.2. The van der Waals surface area contributed by atoms with Crippen molar-refractivity contribution in [3.05, 3.63) is 84.2 Å². The van der Waals surface area contributed by atoms with Gasteiger partial charge in [-0.1, -0.05) is 42.5 Å². The Labute approximate surface area is 257 Å². The molecule has 0 saturated heterocycles. The number of nitrogens with zero attached hydrogens (tertiary/aromatic N) is 1. The number of aromatic nitrogens is 1. The first-order chi connectivity index (χ1) is 20.7. The van der Waals surface area contributed by atoms with Gasteiger partial charge in [-0.05, 0) is 83.2 Å². The van der Waals surface area contributed by atoms with E-state index in [1.807, 2.05) is 30.3 Å². The normalized spacial score (nSPS) is 12.9. The van der Waals surface area contributed by atoms with Crippen molar-refractivity contribution in [1.82, 2.24) is 15.2 Å². The fourth-order valence-corrected chi connectivity index (χ4v) is 4.48. The van der Waals surface area contributed by atoms with Gasteiger partial charge in [0.25, 0.3) is 0 Å². The first-order valence-electron chi connectivity index (χ1n) is 14.4. The molecule has 0 aliphatic heterocycles. The largest absolute Gasteiger partial charge is 0.497 e. The summed E-state index contributed by atoms with van der Waals surface area (Å²) < 4.78 is 11.9. The molecule has 0 saturated carbocycles. The van der Waals surface area contributed by atoms with E-state index in [-0.39, 0.29) is 0 Å². The lowest BCUT2D eigenvalue weighted by atomic mass is 10.0. The second-order valence-corrected chi connectivity index (χ2v) is 12.0. The Hall–Kier alpha value is -4.80. The van der Waals surface area contributed by atoms with E-state index in [1.165, 1.54) is 31.7 Å². The van der Waals surface area contributed by atoms with E-state index < -0.39 is 47.1 Å². The van der Waals surface area contributed by atoms with Crippen molar-refractivity contribution in [1.29, 1.82) is 0 Å². The lowest BCUT2D eigenvalue weighted by molar-refractivity contribution is -0.139. The van der Waals surface area contributed by atoms with Crippen LogP contribution in [0.5, 0.6) is 5.75 Å². The number of amides is 3. The highest BCUT2D eigenvalue weighted by atomic mass is 16.6. The van der Waals surface area contributed by atoms with E-state index in [4.69, 9.17) is 9.47 Å². The number of carboxylic acid groups (broad SMARTS) is 1. The van der Waals surface area contributed by atoms with Crippen LogP contribution < -0.4 is 20.7 Å². The third-order valence-corrected chi connectivity index (χ3v) is 6.75. The van der Waals surface area contributed by atoms with Crippen LogP contribution in [-0.2, 0) is 25.5 Å². The molecule has 0 bridgehead atoms. The zero-order chi connectivity index (χ0) is 32.5. The van der Waals surface area contributed by atoms with E-state index in [1.54, 1.807) is 57.3 Å². The van der Waals surface area contributed by atoms with Crippen LogP contribution in [0.4, 0.5) is 10.5 Å². The molecule has 2 atom stereocenters. The number of carbonyl (C=O) groups excluding carboxylic acids is 3. The molecular formula is C33H42N4O7. The summed E-state index contributed by atoms with van der Waals surface area (Å²) in [6, 6.07) is 16.1. The fourth-order valence-electron chi connectivity index (χ4n) is 4.48. The number of benzene rings is 2. The minimum atomic E-state index is -1.38. The highest BCUT2D eigenvalue weighted by Gasteiger charge is 2.34. The summed E-state index contributed by atoms with van der Waals surface area (Å²) in [6.45, 7) is 8.20. The number of carboxylic acids is 1. The number of methoxy groups -OCH3 is 1. The van der Waals surface area contributed by atoms with Crippen LogP contribution in [0, 0.1) is 0 Å². The molecule has 1 aromatic heterocycles. The van der Waals surface area contributed by atoms with E-state index in [2.05, 4.69) is 16.0 Å². The average Bonchev–Trinajstić information content (AvgIpc) is 3.39. The highest BCUT2D eigenvalue weighted by Crippen LogP contribution is 2.24. The first kappa shape index (κ1) is 33.7. The summed E-state index contributed by atoms with van der Waals surface area (Å²) in [6.07, 6.45) is 3.95. The van der Waals surface area contributed by atoms with Crippen LogP contribution in [0.15, 0.2) is 73.1 Å². The number of hydrogen-bond acceptors (Lipinski definition) is 6. The molecule has 0 aliphatic carbocycles. The average molecular weight is 607 g/mol. The lowest BCUT2D eigenvalue weighted by Crippen LogP contribution is -2.58. The number of nitrogens with one attached hydrogen (secondary N) is 3. The molecule has 0 radical (unpaired) electrons. The van der Waals surface area contributed by atoms with Gasteiger partial charge in [0.1, 0.15) is 22.9 Å². The molecule has 11 heteroatoms. The zero-order valence-electron chi connectivity index (χ0n) is 26.0. The van der Waals surface area contributed by atoms with E-state index in [0.717, 1.165) is 5.56 Å². The minimum Gasteiger partial charge on any atom is -0.497 e. The van der Waals surface area contributed by atoms with E-state index >= 15 is 0 Å². The second kappa shape index (κ2) is 14.6. The van der Waals surface area contributed by atoms with Crippen molar-refractivity contribution in [3.63, 3.8) is 0 Å². The topological polar surface area (TPSA) is 148 Å². The van der Waals surface area contributed by atoms with Gasteiger partial charge in [0.05, 0.1) is 12.8 Å². The Morgan fingerprint density at radius 3 is 2.18 bits per heavy atom. The quantitative estimate of drug-likeness (QED) is 0.216. The molecule has 0 spiro atoms. The van der Waals surface area contributed by atoms with Crippen molar-refractivity contribution in [2.45, 2.75) is 77.1 Å². The van der Waals surface area contributed by atoms with Gasteiger partial charge in [-0.15, -0.1) is 0 Å². The molecule has 1 unspecified atom stereocenters. The van der Waals surface area contributed by atoms with Crippen molar-refractivity contribution in [3.8, 4) is 5.75 Å². The molecule has 11 nitrogen and oxygen atoms in total. The van der Waals surface area contributed by atoms with Crippen molar-refractivity contribution in [2.75, 3.05) is 12.4 Å². The van der Waals surface area contributed by atoms with Crippen LogP contribution in [0.2, 0.25) is 0 Å². The van der Waals surface area contributed by atoms with Crippen LogP contribution in [-0.4, -0.2) is 57.8 Å². The number of aryl methyl sites for hydroxylation is 1. The molecule has 3 rings (SSSR count). The molecule has 3 amide bonds. The number of ether oxygens (including phenoxy) is 2. The maximum Gasteiger partial charge on any atom is 0.408 e. The number of anilines is 1. The van der Waals surface area contributed by atoms with Crippen LogP contribution in [0.3, 0.4) is 0 Å². The predicted molar refractivity (Wildman–Crippen MR) is 167 cm³/mol. The van der Waals surface area contributed by atoms with Crippen LogP contribution >= 0.6 is 0 Å². The Balaban J connectivity index is 1.76. The molecule has 1 heterocycles. The fraction of sp³-hybridized carbons (Fsp3) is 0.394. The lowest BCUT2D eigenvalue weighted by Gasteiger charge is -2.29. The number of aliphatic carboxylic acids is 1. The number of hydrogen-bond donors (Lipinski definition) is 4. The van der Waals surface area contributed by atoms with Crippen molar-refractivity contribution < 1.29 is 33.8 Å². The third-order valence-electron chi connectivity index (χ3n) is 6.75. The summed E-state index contributed by atoms with van der Waals surface area (Å²) in [5.41, 5.74) is -0.141. The number of alkyl carbamates (subject to hydrolysis) is 1. The molecule has 236 valence electrons. The number of carbonyl (C=O) groups is 4. The Bertz CT molecular complexity index is 1430. The Morgan fingerprint density at radius 2 is 1.59 bits per heavy atom. The molecular weight excluding hydrogens is 564 g/mol. The summed E-state index contributed by atoms with van der Waals surface area (Å²) in [5, 5.41) is 18.1.